The van der Waals surface area contributed by atoms with Gasteiger partial charge in [0.25, 0.3) is 0 Å². The zero-order valence-electron chi connectivity index (χ0n) is 13.0. The second kappa shape index (κ2) is 8.18. The Balaban J connectivity index is 1.45. The Morgan fingerprint density at radius 3 is 2.67 bits per heavy atom. The van der Waals surface area contributed by atoms with Crippen LogP contribution in [0.3, 0.4) is 0 Å². The van der Waals surface area contributed by atoms with Crippen LogP contribution in [0.5, 0.6) is 0 Å². The van der Waals surface area contributed by atoms with E-state index in [0.717, 1.165) is 32.9 Å². The lowest BCUT2D eigenvalue weighted by Crippen LogP contribution is -2.27. The van der Waals surface area contributed by atoms with Crippen LogP contribution in [0.4, 0.5) is 0 Å². The number of hydrogen-bond donors (Lipinski definition) is 1. The summed E-state index contributed by atoms with van der Waals surface area (Å²) in [6.45, 7) is 0.617. The number of amides is 1. The molecule has 1 heterocycles. The second-order valence-corrected chi connectivity index (χ2v) is 6.79. The van der Waals surface area contributed by atoms with Crippen molar-refractivity contribution in [2.45, 2.75) is 11.4 Å². The number of fused-ring (bicyclic) bond motifs is 1. The second-order valence-electron chi connectivity index (χ2n) is 5.36. The quantitative estimate of drug-likeness (QED) is 0.668. The average Bonchev–Trinajstić information content (AvgIpc) is 2.61. The van der Waals surface area contributed by atoms with E-state index in [1.165, 1.54) is 11.8 Å². The molecule has 5 heteroatoms. The zero-order chi connectivity index (χ0) is 16.8. The van der Waals surface area contributed by atoms with E-state index in [0.29, 0.717) is 12.3 Å². The monoisotopic (exact) mass is 356 g/mol. The van der Waals surface area contributed by atoms with E-state index in [9.17, 15) is 4.79 Å². The molecule has 0 aliphatic carbocycles. The van der Waals surface area contributed by atoms with Gasteiger partial charge in [-0.3, -0.25) is 4.79 Å². The van der Waals surface area contributed by atoms with Gasteiger partial charge in [0.05, 0.1) is 16.3 Å². The Morgan fingerprint density at radius 2 is 1.83 bits per heavy atom. The normalized spacial score (nSPS) is 10.7. The van der Waals surface area contributed by atoms with Crippen molar-refractivity contribution >= 4 is 40.2 Å². The smallest absolute Gasteiger partial charge is 0.230 e. The van der Waals surface area contributed by atoms with Crippen molar-refractivity contribution in [1.82, 2.24) is 10.3 Å². The lowest BCUT2D eigenvalue weighted by atomic mass is 10.1. The number of carbonyl (C=O) groups is 1. The minimum absolute atomic E-state index is 0.0175. The van der Waals surface area contributed by atoms with Gasteiger partial charge in [0.2, 0.25) is 5.91 Å². The van der Waals surface area contributed by atoms with Gasteiger partial charge in [-0.25, -0.2) is 4.98 Å². The van der Waals surface area contributed by atoms with E-state index in [1.807, 2.05) is 60.7 Å². The predicted molar refractivity (Wildman–Crippen MR) is 101 cm³/mol. The summed E-state index contributed by atoms with van der Waals surface area (Å²) in [4.78, 5) is 16.5. The van der Waals surface area contributed by atoms with Crippen LogP contribution in [-0.4, -0.2) is 23.2 Å². The van der Waals surface area contributed by atoms with Crippen LogP contribution in [0.1, 0.15) is 5.56 Å². The Morgan fingerprint density at radius 1 is 1.04 bits per heavy atom. The lowest BCUT2D eigenvalue weighted by Gasteiger charge is -2.06. The summed E-state index contributed by atoms with van der Waals surface area (Å²) in [5.74, 6) is 0.385. The van der Waals surface area contributed by atoms with Crippen molar-refractivity contribution in [2.75, 3.05) is 12.3 Å². The first-order valence-corrected chi connectivity index (χ1v) is 9.07. The van der Waals surface area contributed by atoms with Gasteiger partial charge >= 0.3 is 0 Å². The van der Waals surface area contributed by atoms with Crippen LogP contribution >= 0.6 is 23.4 Å². The summed E-state index contributed by atoms with van der Waals surface area (Å²) in [7, 11) is 0. The standard InChI is InChI=1S/C19H17ClN2OS/c20-16-8-5-14(6-9-16)11-12-21-18(23)13-24-19-10-7-15-3-1-2-4-17(15)22-19/h1-10H,11-13H2,(H,21,23). The molecule has 1 aromatic heterocycles. The SMILES string of the molecule is O=C(CSc1ccc2ccccc2n1)NCCc1ccc(Cl)cc1. The molecule has 0 aliphatic heterocycles. The Kier molecular flexibility index (Phi) is 5.72. The molecule has 3 aromatic rings. The fourth-order valence-electron chi connectivity index (χ4n) is 2.32. The van der Waals surface area contributed by atoms with Crippen molar-refractivity contribution in [1.29, 1.82) is 0 Å². The molecule has 3 nitrogen and oxygen atoms in total. The number of halogens is 1. The molecule has 0 fully saturated rings. The highest BCUT2D eigenvalue weighted by Crippen LogP contribution is 2.19. The number of rotatable bonds is 6. The summed E-state index contributed by atoms with van der Waals surface area (Å²) >= 11 is 7.30. The van der Waals surface area contributed by atoms with Gasteiger partial charge in [-0.2, -0.15) is 0 Å². The number of para-hydroxylation sites is 1. The molecular weight excluding hydrogens is 340 g/mol. The summed E-state index contributed by atoms with van der Waals surface area (Å²) in [5.41, 5.74) is 2.11. The number of nitrogens with zero attached hydrogens (tertiary/aromatic N) is 1. The van der Waals surface area contributed by atoms with Gasteiger partial charge in [0.1, 0.15) is 0 Å². The molecule has 0 bridgehead atoms. The summed E-state index contributed by atoms with van der Waals surface area (Å²) in [5, 5.41) is 5.63. The molecule has 1 amide bonds. The van der Waals surface area contributed by atoms with Gasteiger partial charge in [-0.15, -0.1) is 0 Å². The van der Waals surface area contributed by atoms with E-state index in [4.69, 9.17) is 11.6 Å². The molecule has 0 unspecified atom stereocenters. The number of hydrogen-bond acceptors (Lipinski definition) is 3. The van der Waals surface area contributed by atoms with Gasteiger partial charge in [-0.05, 0) is 36.2 Å². The molecule has 0 spiro atoms. The third kappa shape index (κ3) is 4.73. The van der Waals surface area contributed by atoms with E-state index in [2.05, 4.69) is 10.3 Å². The maximum absolute atomic E-state index is 11.9. The van der Waals surface area contributed by atoms with Crippen LogP contribution in [0.2, 0.25) is 5.02 Å². The molecule has 0 radical (unpaired) electrons. The fraction of sp³-hybridized carbons (Fsp3) is 0.158. The van der Waals surface area contributed by atoms with Gasteiger partial charge in [-0.1, -0.05) is 59.8 Å². The molecule has 24 heavy (non-hydrogen) atoms. The predicted octanol–water partition coefficient (Wildman–Crippen LogP) is 4.34. The molecule has 0 saturated heterocycles. The van der Waals surface area contributed by atoms with Crippen LogP contribution in [0, 0.1) is 0 Å². The number of thioether (sulfide) groups is 1. The summed E-state index contributed by atoms with van der Waals surface area (Å²) in [6, 6.07) is 19.6. The molecule has 3 rings (SSSR count). The highest BCUT2D eigenvalue weighted by molar-refractivity contribution is 7.99. The third-order valence-corrected chi connectivity index (χ3v) is 4.75. The number of pyridine rings is 1. The number of benzene rings is 2. The van der Waals surface area contributed by atoms with Gasteiger partial charge in [0.15, 0.2) is 0 Å². The van der Waals surface area contributed by atoms with Crippen molar-refractivity contribution in [3.63, 3.8) is 0 Å². The van der Waals surface area contributed by atoms with Gasteiger partial charge in [0, 0.05) is 17.0 Å². The minimum Gasteiger partial charge on any atom is -0.355 e. The highest BCUT2D eigenvalue weighted by atomic mass is 35.5. The van der Waals surface area contributed by atoms with Crippen LogP contribution in [0.15, 0.2) is 65.7 Å². The Hall–Kier alpha value is -2.04. The molecule has 0 aliphatic rings. The number of nitrogens with one attached hydrogen (secondary N) is 1. The third-order valence-electron chi connectivity index (χ3n) is 3.57. The number of carbonyl (C=O) groups excluding carboxylic acids is 1. The van der Waals surface area contributed by atoms with Crippen molar-refractivity contribution in [3.05, 3.63) is 71.2 Å². The van der Waals surface area contributed by atoms with Crippen LogP contribution < -0.4 is 5.32 Å². The average molecular weight is 357 g/mol. The van der Waals surface area contributed by atoms with Crippen molar-refractivity contribution in [3.8, 4) is 0 Å². The Labute approximate surface area is 150 Å². The van der Waals surface area contributed by atoms with E-state index in [-0.39, 0.29) is 5.91 Å². The maximum Gasteiger partial charge on any atom is 0.230 e. The first kappa shape index (κ1) is 16.8. The number of aromatic nitrogens is 1. The van der Waals surface area contributed by atoms with E-state index < -0.39 is 0 Å². The van der Waals surface area contributed by atoms with E-state index in [1.54, 1.807) is 0 Å². The molecule has 0 saturated carbocycles. The highest BCUT2D eigenvalue weighted by Gasteiger charge is 2.04. The topological polar surface area (TPSA) is 42.0 Å². The molecule has 2 aromatic carbocycles. The van der Waals surface area contributed by atoms with Crippen LogP contribution in [-0.2, 0) is 11.2 Å². The fourth-order valence-corrected chi connectivity index (χ4v) is 3.15. The molecule has 122 valence electrons. The Bertz CT molecular complexity index is 836. The summed E-state index contributed by atoms with van der Waals surface area (Å²) in [6.07, 6.45) is 0.793. The summed E-state index contributed by atoms with van der Waals surface area (Å²) < 4.78 is 0. The maximum atomic E-state index is 11.9. The first-order valence-electron chi connectivity index (χ1n) is 7.70. The lowest BCUT2D eigenvalue weighted by molar-refractivity contribution is -0.118. The van der Waals surface area contributed by atoms with Crippen molar-refractivity contribution in [2.24, 2.45) is 0 Å². The van der Waals surface area contributed by atoms with Crippen molar-refractivity contribution < 1.29 is 4.79 Å². The largest absolute Gasteiger partial charge is 0.355 e. The van der Waals surface area contributed by atoms with Crippen LogP contribution in [0.25, 0.3) is 10.9 Å². The molecular formula is C19H17ClN2OS. The van der Waals surface area contributed by atoms with E-state index >= 15 is 0 Å². The molecule has 0 atom stereocenters. The zero-order valence-corrected chi connectivity index (χ0v) is 14.6. The molecule has 1 N–H and O–H groups in total. The first-order chi connectivity index (χ1) is 11.7. The van der Waals surface area contributed by atoms with Gasteiger partial charge < -0.3 is 5.32 Å². The minimum atomic E-state index is 0.0175.